The van der Waals surface area contributed by atoms with Crippen molar-refractivity contribution in [3.05, 3.63) is 59.7 Å². The van der Waals surface area contributed by atoms with E-state index in [1.807, 2.05) is 13.8 Å². The number of hydrogen-bond donors (Lipinski definition) is 2. The van der Waals surface area contributed by atoms with Crippen LogP contribution >= 0.6 is 0 Å². The van der Waals surface area contributed by atoms with Gasteiger partial charge in [-0.05, 0) is 56.2 Å². The van der Waals surface area contributed by atoms with E-state index < -0.39 is 26.0 Å². The SMILES string of the molecule is C[C@H]1CN(S(=O)(=O)c2cccc(C(=O)NCCc3ccc(S(N)(=O)=O)cc3)c2)C[C@H](C)O1. The number of nitrogens with zero attached hydrogens (tertiary/aromatic N) is 1. The maximum absolute atomic E-state index is 13.0. The fraction of sp³-hybridized carbons (Fsp3) is 0.381. The van der Waals surface area contributed by atoms with Gasteiger partial charge in [-0.2, -0.15) is 4.31 Å². The van der Waals surface area contributed by atoms with E-state index in [9.17, 15) is 21.6 Å². The van der Waals surface area contributed by atoms with E-state index in [2.05, 4.69) is 5.32 Å². The molecule has 0 radical (unpaired) electrons. The lowest BCUT2D eigenvalue weighted by Crippen LogP contribution is -2.48. The second-order valence-corrected chi connectivity index (χ2v) is 11.3. The molecule has 0 spiro atoms. The average molecular weight is 482 g/mol. The van der Waals surface area contributed by atoms with Crippen LogP contribution in [0.25, 0.3) is 0 Å². The van der Waals surface area contributed by atoms with Crippen LogP contribution in [0.1, 0.15) is 29.8 Å². The number of ether oxygens (including phenoxy) is 1. The highest BCUT2D eigenvalue weighted by molar-refractivity contribution is 7.89. The topological polar surface area (TPSA) is 136 Å². The molecule has 174 valence electrons. The number of sulfonamides is 2. The van der Waals surface area contributed by atoms with Gasteiger partial charge >= 0.3 is 0 Å². The zero-order valence-corrected chi connectivity index (χ0v) is 19.5. The predicted molar refractivity (Wildman–Crippen MR) is 119 cm³/mol. The van der Waals surface area contributed by atoms with Crippen molar-refractivity contribution in [1.29, 1.82) is 0 Å². The van der Waals surface area contributed by atoms with Gasteiger partial charge in [0.15, 0.2) is 0 Å². The number of amides is 1. The molecule has 1 aliphatic rings. The Bertz CT molecular complexity index is 1170. The number of carbonyl (C=O) groups excluding carboxylic acids is 1. The Morgan fingerprint density at radius 1 is 1.03 bits per heavy atom. The van der Waals surface area contributed by atoms with Gasteiger partial charge in [0.25, 0.3) is 5.91 Å². The number of nitrogens with two attached hydrogens (primary N) is 1. The molecule has 9 nitrogen and oxygen atoms in total. The third kappa shape index (κ3) is 5.93. The molecule has 1 saturated heterocycles. The third-order valence-corrected chi connectivity index (χ3v) is 7.83. The number of carbonyl (C=O) groups is 1. The lowest BCUT2D eigenvalue weighted by molar-refractivity contribution is -0.0440. The normalized spacial score (nSPS) is 20.1. The van der Waals surface area contributed by atoms with E-state index in [4.69, 9.17) is 9.88 Å². The molecule has 0 saturated carbocycles. The summed E-state index contributed by atoms with van der Waals surface area (Å²) >= 11 is 0. The van der Waals surface area contributed by atoms with Gasteiger partial charge < -0.3 is 10.1 Å². The smallest absolute Gasteiger partial charge is 0.251 e. The van der Waals surface area contributed by atoms with Crippen LogP contribution in [0.2, 0.25) is 0 Å². The number of nitrogens with one attached hydrogen (secondary N) is 1. The number of primary sulfonamides is 1. The molecule has 0 unspecified atom stereocenters. The summed E-state index contributed by atoms with van der Waals surface area (Å²) in [6.45, 7) is 4.46. The molecule has 1 fully saturated rings. The van der Waals surface area contributed by atoms with Crippen LogP contribution < -0.4 is 10.5 Å². The summed E-state index contributed by atoms with van der Waals surface area (Å²) in [5.41, 5.74) is 1.06. The second-order valence-electron chi connectivity index (χ2n) is 7.80. The van der Waals surface area contributed by atoms with Crippen molar-refractivity contribution in [2.75, 3.05) is 19.6 Å². The molecule has 1 aliphatic heterocycles. The minimum atomic E-state index is -3.75. The van der Waals surface area contributed by atoms with Crippen LogP contribution in [0, 0.1) is 0 Å². The summed E-state index contributed by atoms with van der Waals surface area (Å²) in [5.74, 6) is -0.396. The Morgan fingerprint density at radius 2 is 1.66 bits per heavy atom. The van der Waals surface area contributed by atoms with Crippen molar-refractivity contribution in [1.82, 2.24) is 9.62 Å². The number of morpholine rings is 1. The molecule has 0 aliphatic carbocycles. The second kappa shape index (κ2) is 9.67. The maximum Gasteiger partial charge on any atom is 0.251 e. The van der Waals surface area contributed by atoms with Crippen molar-refractivity contribution in [3.8, 4) is 0 Å². The molecule has 3 rings (SSSR count). The van der Waals surface area contributed by atoms with Crippen LogP contribution in [0.5, 0.6) is 0 Å². The first-order valence-electron chi connectivity index (χ1n) is 10.1. The van der Waals surface area contributed by atoms with E-state index >= 15 is 0 Å². The van der Waals surface area contributed by atoms with Gasteiger partial charge in [0.05, 0.1) is 22.0 Å². The molecule has 3 N–H and O–H groups in total. The summed E-state index contributed by atoms with van der Waals surface area (Å²) in [4.78, 5) is 12.6. The fourth-order valence-electron chi connectivity index (χ4n) is 3.54. The number of benzene rings is 2. The van der Waals surface area contributed by atoms with Crippen molar-refractivity contribution in [2.24, 2.45) is 5.14 Å². The molecular weight excluding hydrogens is 454 g/mol. The van der Waals surface area contributed by atoms with E-state index in [1.165, 1.54) is 28.6 Å². The molecule has 1 heterocycles. The zero-order valence-electron chi connectivity index (χ0n) is 17.9. The van der Waals surface area contributed by atoms with Gasteiger partial charge in [-0.25, -0.2) is 22.0 Å². The Balaban J connectivity index is 1.64. The summed E-state index contributed by atoms with van der Waals surface area (Å²) in [7, 11) is -7.50. The van der Waals surface area contributed by atoms with Crippen LogP contribution in [0.4, 0.5) is 0 Å². The molecule has 2 atom stereocenters. The van der Waals surface area contributed by atoms with Crippen molar-refractivity contribution >= 4 is 26.0 Å². The van der Waals surface area contributed by atoms with Crippen LogP contribution in [-0.4, -0.2) is 58.9 Å². The molecule has 0 aromatic heterocycles. The Hall–Kier alpha value is -2.31. The quantitative estimate of drug-likeness (QED) is 0.608. The highest BCUT2D eigenvalue weighted by atomic mass is 32.2. The van der Waals surface area contributed by atoms with E-state index in [1.54, 1.807) is 24.3 Å². The van der Waals surface area contributed by atoms with Gasteiger partial charge in [0.2, 0.25) is 20.0 Å². The highest BCUT2D eigenvalue weighted by Gasteiger charge is 2.32. The van der Waals surface area contributed by atoms with Gasteiger partial charge in [-0.15, -0.1) is 0 Å². The lowest BCUT2D eigenvalue weighted by atomic mass is 10.1. The number of rotatable bonds is 7. The van der Waals surface area contributed by atoms with Crippen LogP contribution in [-0.2, 0) is 31.2 Å². The van der Waals surface area contributed by atoms with Crippen molar-refractivity contribution in [2.45, 2.75) is 42.3 Å². The minimum Gasteiger partial charge on any atom is -0.373 e. The van der Waals surface area contributed by atoms with Gasteiger partial charge in [-0.3, -0.25) is 4.79 Å². The molecule has 1 amide bonds. The highest BCUT2D eigenvalue weighted by Crippen LogP contribution is 2.22. The maximum atomic E-state index is 13.0. The molecule has 11 heteroatoms. The molecule has 2 aromatic rings. The lowest BCUT2D eigenvalue weighted by Gasteiger charge is -2.34. The Kier molecular flexibility index (Phi) is 7.36. The Labute approximate surface area is 188 Å². The standard InChI is InChI=1S/C21H27N3O6S2/c1-15-13-24(14-16(2)30-15)32(28,29)20-5-3-4-18(12-20)21(25)23-11-10-17-6-8-19(9-7-17)31(22,26)27/h3-9,12,15-16H,10-11,13-14H2,1-2H3,(H,23,25)(H2,22,26,27)/t15-,16-/m0/s1. The average Bonchev–Trinajstić information content (AvgIpc) is 2.73. The van der Waals surface area contributed by atoms with Crippen molar-refractivity contribution < 1.29 is 26.4 Å². The molecule has 32 heavy (non-hydrogen) atoms. The zero-order chi connectivity index (χ0) is 23.5. The monoisotopic (exact) mass is 481 g/mol. The fourth-order valence-corrected chi connectivity index (χ4v) is 5.69. The van der Waals surface area contributed by atoms with Crippen LogP contribution in [0.3, 0.4) is 0 Å². The summed E-state index contributed by atoms with van der Waals surface area (Å²) in [6.07, 6.45) is 0.0520. The third-order valence-electron chi connectivity index (χ3n) is 5.07. The Morgan fingerprint density at radius 3 is 2.25 bits per heavy atom. The van der Waals surface area contributed by atoms with Gasteiger partial charge in [0.1, 0.15) is 0 Å². The van der Waals surface area contributed by atoms with Crippen LogP contribution in [0.15, 0.2) is 58.3 Å². The van der Waals surface area contributed by atoms with E-state index in [-0.39, 0.29) is 40.7 Å². The largest absolute Gasteiger partial charge is 0.373 e. The first kappa shape index (κ1) is 24.3. The first-order chi connectivity index (χ1) is 15.0. The van der Waals surface area contributed by atoms with E-state index in [0.29, 0.717) is 13.0 Å². The first-order valence-corrected chi connectivity index (χ1v) is 13.1. The van der Waals surface area contributed by atoms with Gasteiger partial charge in [0, 0.05) is 25.2 Å². The summed E-state index contributed by atoms with van der Waals surface area (Å²) in [5, 5.41) is 7.83. The van der Waals surface area contributed by atoms with Crippen molar-refractivity contribution in [3.63, 3.8) is 0 Å². The molecule has 0 bridgehead atoms. The minimum absolute atomic E-state index is 0.0207. The molecular formula is C21H27N3O6S2. The number of hydrogen-bond acceptors (Lipinski definition) is 6. The van der Waals surface area contributed by atoms with E-state index in [0.717, 1.165) is 5.56 Å². The van der Waals surface area contributed by atoms with Gasteiger partial charge in [-0.1, -0.05) is 18.2 Å². The molecule has 2 aromatic carbocycles. The summed E-state index contributed by atoms with van der Waals surface area (Å²) < 4.78 is 55.7. The predicted octanol–water partition coefficient (Wildman–Crippen LogP) is 1.10. The summed E-state index contributed by atoms with van der Waals surface area (Å²) in [6, 6.07) is 12.0.